The van der Waals surface area contributed by atoms with E-state index in [1.807, 2.05) is 18.2 Å². The van der Waals surface area contributed by atoms with Gasteiger partial charge in [-0.3, -0.25) is 4.90 Å². The second-order valence-electron chi connectivity index (χ2n) is 6.21. The van der Waals surface area contributed by atoms with Gasteiger partial charge in [-0.05, 0) is 50.6 Å². The van der Waals surface area contributed by atoms with E-state index in [0.29, 0.717) is 0 Å². The quantitative estimate of drug-likeness (QED) is 0.866. The molecule has 2 N–H and O–H groups in total. The van der Waals surface area contributed by atoms with Crippen molar-refractivity contribution in [3.8, 4) is 0 Å². The summed E-state index contributed by atoms with van der Waals surface area (Å²) >= 11 is 1.77. The van der Waals surface area contributed by atoms with E-state index in [1.54, 1.807) is 11.3 Å². The molecule has 2 saturated heterocycles. The number of piperidine rings is 1. The van der Waals surface area contributed by atoms with E-state index >= 15 is 0 Å². The first kappa shape index (κ1) is 13.3. The highest BCUT2D eigenvalue weighted by molar-refractivity contribution is 7.22. The molecule has 2 aliphatic rings. The van der Waals surface area contributed by atoms with Crippen molar-refractivity contribution in [2.45, 2.75) is 31.7 Å². The van der Waals surface area contributed by atoms with Crippen LogP contribution in [-0.2, 0) is 0 Å². The average Bonchev–Trinajstić information content (AvgIpc) is 3.14. The molecule has 5 heteroatoms. The maximum Gasteiger partial charge on any atom is 0.186 e. The first-order valence-electron chi connectivity index (χ1n) is 7.95. The molecule has 21 heavy (non-hydrogen) atoms. The van der Waals surface area contributed by atoms with Crippen LogP contribution in [0.25, 0.3) is 10.2 Å². The van der Waals surface area contributed by atoms with Crippen LogP contribution in [0.1, 0.15) is 25.7 Å². The Morgan fingerprint density at radius 3 is 2.86 bits per heavy atom. The molecule has 4 rings (SSSR count). The highest BCUT2D eigenvalue weighted by atomic mass is 32.1. The van der Waals surface area contributed by atoms with Gasteiger partial charge in [0.25, 0.3) is 0 Å². The number of thiazole rings is 1. The molecule has 1 atom stereocenters. The lowest BCUT2D eigenvalue weighted by atomic mass is 10.1. The predicted octanol–water partition coefficient (Wildman–Crippen LogP) is 2.94. The molecule has 0 saturated carbocycles. The Bertz CT molecular complexity index is 632. The Morgan fingerprint density at radius 2 is 2.00 bits per heavy atom. The first-order chi connectivity index (χ1) is 10.3. The van der Waals surface area contributed by atoms with Gasteiger partial charge in [0.15, 0.2) is 5.13 Å². The highest BCUT2D eigenvalue weighted by Crippen LogP contribution is 2.33. The summed E-state index contributed by atoms with van der Waals surface area (Å²) in [6.07, 6.45) is 5.43. The Labute approximate surface area is 129 Å². The number of hydrogen-bond acceptors (Lipinski definition) is 5. The summed E-state index contributed by atoms with van der Waals surface area (Å²) < 4.78 is 1.20. The zero-order valence-corrected chi connectivity index (χ0v) is 13.1. The van der Waals surface area contributed by atoms with Crippen LogP contribution in [-0.4, -0.2) is 42.1 Å². The maximum absolute atomic E-state index is 5.86. The zero-order valence-electron chi connectivity index (χ0n) is 12.3. The van der Waals surface area contributed by atoms with Crippen molar-refractivity contribution in [2.75, 3.05) is 36.8 Å². The van der Waals surface area contributed by atoms with Crippen LogP contribution in [0.4, 0.5) is 10.8 Å². The van der Waals surface area contributed by atoms with Crippen molar-refractivity contribution in [2.24, 2.45) is 0 Å². The van der Waals surface area contributed by atoms with Crippen molar-refractivity contribution in [1.29, 1.82) is 0 Å². The minimum atomic E-state index is 0.724. The van der Waals surface area contributed by atoms with E-state index in [0.717, 1.165) is 35.5 Å². The van der Waals surface area contributed by atoms with Gasteiger partial charge in [-0.2, -0.15) is 0 Å². The Morgan fingerprint density at radius 1 is 1.14 bits per heavy atom. The number of fused-ring (bicyclic) bond motifs is 1. The molecule has 3 heterocycles. The lowest BCUT2D eigenvalue weighted by molar-refractivity contribution is 0.175. The molecule has 0 aliphatic carbocycles. The molecule has 0 radical (unpaired) electrons. The third kappa shape index (κ3) is 2.60. The van der Waals surface area contributed by atoms with Crippen molar-refractivity contribution in [3.63, 3.8) is 0 Å². The van der Waals surface area contributed by atoms with Crippen molar-refractivity contribution >= 4 is 32.4 Å². The molecule has 0 spiro atoms. The fourth-order valence-corrected chi connectivity index (χ4v) is 4.61. The second-order valence-corrected chi connectivity index (χ2v) is 7.22. The van der Waals surface area contributed by atoms with Gasteiger partial charge in [0, 0.05) is 24.8 Å². The van der Waals surface area contributed by atoms with Gasteiger partial charge in [-0.1, -0.05) is 17.8 Å². The van der Waals surface area contributed by atoms with E-state index in [-0.39, 0.29) is 0 Å². The molecule has 2 fully saturated rings. The van der Waals surface area contributed by atoms with Crippen LogP contribution < -0.4 is 10.6 Å². The Hall–Kier alpha value is -1.33. The Balaban J connectivity index is 1.50. The molecule has 0 bridgehead atoms. The van der Waals surface area contributed by atoms with Crippen LogP contribution in [0.2, 0.25) is 0 Å². The van der Waals surface area contributed by atoms with Crippen molar-refractivity contribution in [3.05, 3.63) is 18.2 Å². The number of rotatable bonds is 2. The fraction of sp³-hybridized carbons (Fsp3) is 0.562. The molecule has 2 aliphatic heterocycles. The monoisotopic (exact) mass is 302 g/mol. The van der Waals surface area contributed by atoms with E-state index in [1.165, 1.54) is 43.5 Å². The van der Waals surface area contributed by atoms with Gasteiger partial charge < -0.3 is 10.6 Å². The largest absolute Gasteiger partial charge is 0.399 e. The third-order valence-electron chi connectivity index (χ3n) is 4.74. The summed E-state index contributed by atoms with van der Waals surface area (Å²) in [6.45, 7) is 4.84. The molecule has 0 amide bonds. The number of anilines is 2. The van der Waals surface area contributed by atoms with E-state index < -0.39 is 0 Å². The summed E-state index contributed by atoms with van der Waals surface area (Å²) in [5.41, 5.74) is 7.76. The fourth-order valence-electron chi connectivity index (χ4n) is 3.56. The Kier molecular flexibility index (Phi) is 3.47. The standard InChI is InChI=1S/C16H22N4S/c17-12-4-5-14-15(10-12)21-16(18-14)20-9-6-13(11-20)19-7-2-1-3-8-19/h4-5,10,13H,1-3,6-9,11,17H2/t13-/m1/s1. The van der Waals surface area contributed by atoms with Gasteiger partial charge in [0.1, 0.15) is 0 Å². The maximum atomic E-state index is 5.86. The lowest BCUT2D eigenvalue weighted by Crippen LogP contribution is -2.40. The van der Waals surface area contributed by atoms with Gasteiger partial charge >= 0.3 is 0 Å². The smallest absolute Gasteiger partial charge is 0.186 e. The SMILES string of the molecule is Nc1ccc2nc(N3CC[C@@H](N4CCCCC4)C3)sc2c1. The zero-order chi connectivity index (χ0) is 14.2. The number of benzene rings is 1. The summed E-state index contributed by atoms with van der Waals surface area (Å²) in [4.78, 5) is 9.93. The molecule has 0 unspecified atom stereocenters. The summed E-state index contributed by atoms with van der Waals surface area (Å²) in [5.74, 6) is 0. The van der Waals surface area contributed by atoms with E-state index in [9.17, 15) is 0 Å². The van der Waals surface area contributed by atoms with Crippen LogP contribution in [0.5, 0.6) is 0 Å². The van der Waals surface area contributed by atoms with Gasteiger partial charge in [0.05, 0.1) is 10.2 Å². The molecular formula is C16H22N4S. The van der Waals surface area contributed by atoms with Gasteiger partial charge in [-0.25, -0.2) is 4.98 Å². The first-order valence-corrected chi connectivity index (χ1v) is 8.76. The van der Waals surface area contributed by atoms with E-state index in [4.69, 9.17) is 10.7 Å². The molecule has 4 nitrogen and oxygen atoms in total. The van der Waals surface area contributed by atoms with E-state index in [2.05, 4.69) is 9.80 Å². The van der Waals surface area contributed by atoms with Crippen LogP contribution in [0, 0.1) is 0 Å². The normalized spacial score (nSPS) is 24.0. The van der Waals surface area contributed by atoms with Crippen molar-refractivity contribution < 1.29 is 0 Å². The topological polar surface area (TPSA) is 45.4 Å². The average molecular weight is 302 g/mol. The number of likely N-dealkylation sites (tertiary alicyclic amines) is 1. The van der Waals surface area contributed by atoms with Crippen LogP contribution >= 0.6 is 11.3 Å². The number of nitrogens with zero attached hydrogens (tertiary/aromatic N) is 3. The molecule has 1 aromatic carbocycles. The highest BCUT2D eigenvalue weighted by Gasteiger charge is 2.29. The molecule has 1 aromatic heterocycles. The number of hydrogen-bond donors (Lipinski definition) is 1. The third-order valence-corrected chi connectivity index (χ3v) is 5.82. The number of nitrogens with two attached hydrogens (primary N) is 1. The summed E-state index contributed by atoms with van der Waals surface area (Å²) in [5, 5.41) is 1.16. The lowest BCUT2D eigenvalue weighted by Gasteiger charge is -2.32. The van der Waals surface area contributed by atoms with Crippen LogP contribution in [0.15, 0.2) is 18.2 Å². The minimum Gasteiger partial charge on any atom is -0.399 e. The molecular weight excluding hydrogens is 280 g/mol. The summed E-state index contributed by atoms with van der Waals surface area (Å²) in [7, 11) is 0. The molecule has 112 valence electrons. The van der Waals surface area contributed by atoms with Gasteiger partial charge in [-0.15, -0.1) is 0 Å². The molecule has 2 aromatic rings. The van der Waals surface area contributed by atoms with Crippen LogP contribution in [0.3, 0.4) is 0 Å². The number of nitrogen functional groups attached to an aromatic ring is 1. The summed E-state index contributed by atoms with van der Waals surface area (Å²) in [6, 6.07) is 6.73. The number of aromatic nitrogens is 1. The van der Waals surface area contributed by atoms with Gasteiger partial charge in [0.2, 0.25) is 0 Å². The van der Waals surface area contributed by atoms with Crippen molar-refractivity contribution in [1.82, 2.24) is 9.88 Å². The minimum absolute atomic E-state index is 0.724. The second kappa shape index (κ2) is 5.46. The predicted molar refractivity (Wildman–Crippen MR) is 90.1 cm³/mol.